The van der Waals surface area contributed by atoms with Gasteiger partial charge < -0.3 is 9.47 Å². The van der Waals surface area contributed by atoms with Gasteiger partial charge in [0.25, 0.3) is 5.56 Å². The van der Waals surface area contributed by atoms with Crippen LogP contribution in [-0.2, 0) is 20.1 Å². The van der Waals surface area contributed by atoms with E-state index in [-0.39, 0.29) is 17.8 Å². The normalized spacial score (nSPS) is 13.6. The summed E-state index contributed by atoms with van der Waals surface area (Å²) in [5.74, 6) is 0.718. The average molecular weight is 415 g/mol. The molecule has 0 N–H and O–H groups in total. The van der Waals surface area contributed by atoms with E-state index in [0.29, 0.717) is 17.7 Å². The molecule has 0 amide bonds. The van der Waals surface area contributed by atoms with E-state index in [9.17, 15) is 9.59 Å². The summed E-state index contributed by atoms with van der Waals surface area (Å²) in [5.41, 5.74) is 4.62. The maximum atomic E-state index is 13.5. The summed E-state index contributed by atoms with van der Waals surface area (Å²) in [6.07, 6.45) is 0.895. The molecule has 0 atom stereocenters. The van der Waals surface area contributed by atoms with Crippen molar-refractivity contribution in [2.24, 2.45) is 7.05 Å². The van der Waals surface area contributed by atoms with Gasteiger partial charge in [-0.2, -0.15) is 4.98 Å². The van der Waals surface area contributed by atoms with Gasteiger partial charge in [0, 0.05) is 25.8 Å². The first-order valence-electron chi connectivity index (χ1n) is 10.5. The number of hydrogen-bond donors (Lipinski definition) is 0. The minimum atomic E-state index is -0.352. The van der Waals surface area contributed by atoms with Crippen LogP contribution in [0, 0.1) is 13.8 Å². The third kappa shape index (κ3) is 3.17. The Hall–Kier alpha value is -3.61. The molecule has 4 aromatic rings. The van der Waals surface area contributed by atoms with Crippen LogP contribution >= 0.6 is 0 Å². The summed E-state index contributed by atoms with van der Waals surface area (Å²) in [7, 11) is 1.69. The number of anilines is 2. The fourth-order valence-electron chi connectivity index (χ4n) is 4.52. The number of nitrogens with zero attached hydrogens (tertiary/aromatic N) is 5. The molecule has 1 aliphatic heterocycles. The van der Waals surface area contributed by atoms with Gasteiger partial charge in [0.05, 0.1) is 6.54 Å². The lowest BCUT2D eigenvalue weighted by Gasteiger charge is -2.29. The second-order valence-electron chi connectivity index (χ2n) is 8.31. The predicted molar refractivity (Wildman–Crippen MR) is 122 cm³/mol. The Bertz CT molecular complexity index is 1390. The van der Waals surface area contributed by atoms with E-state index in [4.69, 9.17) is 4.98 Å². The van der Waals surface area contributed by atoms with Crippen molar-refractivity contribution >= 4 is 22.8 Å². The van der Waals surface area contributed by atoms with Gasteiger partial charge in [0.2, 0.25) is 5.95 Å². The highest BCUT2D eigenvalue weighted by Crippen LogP contribution is 2.32. The zero-order chi connectivity index (χ0) is 21.7. The number of aryl methyl sites for hydroxylation is 4. The zero-order valence-corrected chi connectivity index (χ0v) is 18.0. The molecular formula is C24H25N5O2. The summed E-state index contributed by atoms with van der Waals surface area (Å²) in [5, 5.41) is 0. The van der Waals surface area contributed by atoms with Crippen molar-refractivity contribution in [2.45, 2.75) is 33.4 Å². The molecule has 7 heteroatoms. The summed E-state index contributed by atoms with van der Waals surface area (Å²) in [4.78, 5) is 33.4. The Kier molecular flexibility index (Phi) is 4.54. The molecule has 0 aliphatic carbocycles. The molecule has 31 heavy (non-hydrogen) atoms. The van der Waals surface area contributed by atoms with Crippen molar-refractivity contribution in [3.63, 3.8) is 0 Å². The Labute approximate surface area is 179 Å². The van der Waals surface area contributed by atoms with Crippen LogP contribution in [-0.4, -0.2) is 25.2 Å². The van der Waals surface area contributed by atoms with E-state index in [1.165, 1.54) is 20.3 Å². The van der Waals surface area contributed by atoms with E-state index in [2.05, 4.69) is 36.9 Å². The second kappa shape index (κ2) is 7.27. The minimum Gasteiger partial charge on any atom is -0.312 e. The second-order valence-corrected chi connectivity index (χ2v) is 8.31. The summed E-state index contributed by atoms with van der Waals surface area (Å²) in [6.45, 7) is 5.92. The van der Waals surface area contributed by atoms with Crippen molar-refractivity contribution in [2.75, 3.05) is 11.4 Å². The van der Waals surface area contributed by atoms with Crippen molar-refractivity contribution in [1.29, 1.82) is 0 Å². The molecule has 158 valence electrons. The van der Waals surface area contributed by atoms with Crippen LogP contribution in [0.5, 0.6) is 0 Å². The highest BCUT2D eigenvalue weighted by Gasteiger charge is 2.27. The predicted octanol–water partition coefficient (Wildman–Crippen LogP) is 3.10. The maximum absolute atomic E-state index is 13.5. The van der Waals surface area contributed by atoms with Gasteiger partial charge >= 0.3 is 5.69 Å². The number of aromatic nitrogens is 4. The lowest BCUT2D eigenvalue weighted by Crippen LogP contribution is -2.40. The first-order valence-corrected chi connectivity index (χ1v) is 10.5. The van der Waals surface area contributed by atoms with E-state index < -0.39 is 0 Å². The van der Waals surface area contributed by atoms with Crippen LogP contribution in [0.1, 0.15) is 23.1 Å². The van der Waals surface area contributed by atoms with Crippen molar-refractivity contribution in [3.05, 3.63) is 86.1 Å². The SMILES string of the molecule is Cc1cc(C)cc(N2CCCn3c2nc2c3c(=O)n(Cc3ccccc3)c(=O)n2C)c1. The number of hydrogen-bond acceptors (Lipinski definition) is 4. The van der Waals surface area contributed by atoms with Gasteiger partial charge in [-0.05, 0) is 49.1 Å². The van der Waals surface area contributed by atoms with Gasteiger partial charge in [-0.25, -0.2) is 4.79 Å². The van der Waals surface area contributed by atoms with Crippen molar-refractivity contribution < 1.29 is 0 Å². The topological polar surface area (TPSA) is 65.1 Å². The highest BCUT2D eigenvalue weighted by atomic mass is 16.2. The number of fused-ring (bicyclic) bond motifs is 3. The Morgan fingerprint density at radius 2 is 1.68 bits per heavy atom. The van der Waals surface area contributed by atoms with Crippen LogP contribution in [0.4, 0.5) is 11.6 Å². The molecule has 2 aromatic heterocycles. The minimum absolute atomic E-state index is 0.240. The zero-order valence-electron chi connectivity index (χ0n) is 18.0. The molecule has 2 aromatic carbocycles. The maximum Gasteiger partial charge on any atom is 0.332 e. The molecule has 0 saturated carbocycles. The molecule has 1 aliphatic rings. The molecule has 5 rings (SSSR count). The van der Waals surface area contributed by atoms with E-state index in [1.807, 2.05) is 34.9 Å². The quantitative estimate of drug-likeness (QED) is 0.516. The first kappa shape index (κ1) is 19.4. The van der Waals surface area contributed by atoms with Crippen LogP contribution in [0.2, 0.25) is 0 Å². The summed E-state index contributed by atoms with van der Waals surface area (Å²) < 4.78 is 4.77. The highest BCUT2D eigenvalue weighted by molar-refractivity contribution is 5.77. The third-order valence-electron chi connectivity index (χ3n) is 5.92. The Balaban J connectivity index is 1.72. The lowest BCUT2D eigenvalue weighted by atomic mass is 10.1. The van der Waals surface area contributed by atoms with Gasteiger partial charge in [0.15, 0.2) is 11.2 Å². The fraction of sp³-hybridized carbons (Fsp3) is 0.292. The average Bonchev–Trinajstić information content (AvgIpc) is 3.15. The molecule has 0 fully saturated rings. The molecule has 0 saturated heterocycles. The Morgan fingerprint density at radius 3 is 2.39 bits per heavy atom. The van der Waals surface area contributed by atoms with Crippen molar-refractivity contribution in [3.8, 4) is 0 Å². The smallest absolute Gasteiger partial charge is 0.312 e. The Morgan fingerprint density at radius 1 is 0.968 bits per heavy atom. The van der Waals surface area contributed by atoms with Crippen LogP contribution in [0.25, 0.3) is 11.2 Å². The standard InChI is InChI=1S/C24H25N5O2/c1-16-12-17(2)14-19(13-16)27-10-7-11-28-20-21(25-23(27)28)26(3)24(31)29(22(20)30)15-18-8-5-4-6-9-18/h4-6,8-9,12-14H,7,10-11,15H2,1-3H3. The van der Waals surface area contributed by atoms with Gasteiger partial charge in [-0.3, -0.25) is 13.9 Å². The number of benzene rings is 2. The van der Waals surface area contributed by atoms with E-state index in [1.54, 1.807) is 7.05 Å². The van der Waals surface area contributed by atoms with Crippen LogP contribution < -0.4 is 16.1 Å². The molecule has 0 radical (unpaired) electrons. The van der Waals surface area contributed by atoms with Gasteiger partial charge in [0.1, 0.15) is 0 Å². The molecule has 0 spiro atoms. The molecule has 7 nitrogen and oxygen atoms in total. The summed E-state index contributed by atoms with van der Waals surface area (Å²) in [6, 6.07) is 16.0. The van der Waals surface area contributed by atoms with E-state index >= 15 is 0 Å². The number of rotatable bonds is 3. The van der Waals surface area contributed by atoms with Crippen LogP contribution in [0.3, 0.4) is 0 Å². The van der Waals surface area contributed by atoms with Crippen molar-refractivity contribution in [1.82, 2.24) is 18.7 Å². The van der Waals surface area contributed by atoms with Gasteiger partial charge in [-0.15, -0.1) is 0 Å². The third-order valence-corrected chi connectivity index (χ3v) is 5.92. The molecule has 0 unspecified atom stereocenters. The first-order chi connectivity index (χ1) is 14.9. The van der Waals surface area contributed by atoms with Crippen LogP contribution in [0.15, 0.2) is 58.1 Å². The fourth-order valence-corrected chi connectivity index (χ4v) is 4.52. The largest absolute Gasteiger partial charge is 0.332 e. The molecular weight excluding hydrogens is 390 g/mol. The monoisotopic (exact) mass is 415 g/mol. The van der Waals surface area contributed by atoms with Gasteiger partial charge in [-0.1, -0.05) is 36.4 Å². The van der Waals surface area contributed by atoms with E-state index in [0.717, 1.165) is 30.2 Å². The molecule has 0 bridgehead atoms. The lowest BCUT2D eigenvalue weighted by molar-refractivity contribution is 0.597. The summed E-state index contributed by atoms with van der Waals surface area (Å²) >= 11 is 0. The number of imidazole rings is 1. The molecule has 3 heterocycles.